The minimum absolute atomic E-state index is 0.198. The van der Waals surface area contributed by atoms with Gasteiger partial charge in [-0.15, -0.1) is 0 Å². The summed E-state index contributed by atoms with van der Waals surface area (Å²) in [7, 11) is 1.63. The lowest BCUT2D eigenvalue weighted by Gasteiger charge is -2.37. The van der Waals surface area contributed by atoms with Crippen LogP contribution in [-0.4, -0.2) is 70.2 Å². The molecule has 2 aliphatic rings. The molecule has 0 unspecified atom stereocenters. The summed E-state index contributed by atoms with van der Waals surface area (Å²) in [6.45, 7) is 11.3. The maximum Gasteiger partial charge on any atom is 0.258 e. The lowest BCUT2D eigenvalue weighted by Crippen LogP contribution is -2.62. The minimum atomic E-state index is -0.905. The fourth-order valence-electron chi connectivity index (χ4n) is 5.49. The van der Waals surface area contributed by atoms with Crippen LogP contribution >= 0.6 is 0 Å². The van der Waals surface area contributed by atoms with E-state index >= 15 is 0 Å². The highest BCUT2D eigenvalue weighted by molar-refractivity contribution is 5.94. The van der Waals surface area contributed by atoms with E-state index in [-0.39, 0.29) is 29.7 Å². The summed E-state index contributed by atoms with van der Waals surface area (Å²) in [6.07, 6.45) is 4.93. The van der Waals surface area contributed by atoms with Gasteiger partial charge in [-0.1, -0.05) is 44.2 Å². The molecule has 0 saturated carbocycles. The van der Waals surface area contributed by atoms with Gasteiger partial charge in [0.15, 0.2) is 0 Å². The quantitative estimate of drug-likeness (QED) is 0.491. The standard InChI is InChI=1S/C31H42N6O4/c1-18(2)26-28(39)33-20(4)29(40)37-16-8-9-24(35-37)27(38)32-19(3)23-13-12-22-11-10-21(17-25(22)34-23)14-15-31(5,6)30(41)36(26)7/h10-15,17-20,24,26,35H,8-9,16H2,1-7H3,(H,32,38)(H,33,39)/b15-14+/t19-,20+,24+,26+/m1/s1. The number of hydrogen-bond acceptors (Lipinski definition) is 6. The number of nitrogens with one attached hydrogen (secondary N) is 3. The molecule has 2 aromatic rings. The van der Waals surface area contributed by atoms with E-state index < -0.39 is 29.4 Å². The molecule has 0 aliphatic carbocycles. The van der Waals surface area contributed by atoms with Crippen molar-refractivity contribution in [1.29, 1.82) is 0 Å². The van der Waals surface area contributed by atoms with E-state index in [4.69, 9.17) is 4.98 Å². The molecule has 4 amide bonds. The zero-order valence-corrected chi connectivity index (χ0v) is 25.0. The lowest BCUT2D eigenvalue weighted by atomic mass is 9.88. The topological polar surface area (TPSA) is 124 Å². The van der Waals surface area contributed by atoms with Crippen molar-refractivity contribution < 1.29 is 19.2 Å². The van der Waals surface area contributed by atoms with Gasteiger partial charge in [0.1, 0.15) is 18.1 Å². The Labute approximate surface area is 241 Å². The number of nitrogens with zero attached hydrogens (tertiary/aromatic N) is 3. The van der Waals surface area contributed by atoms with Gasteiger partial charge in [0.25, 0.3) is 5.91 Å². The summed E-state index contributed by atoms with van der Waals surface area (Å²) < 4.78 is 0. The van der Waals surface area contributed by atoms with Crippen molar-refractivity contribution >= 4 is 40.6 Å². The second-order valence-corrected chi connectivity index (χ2v) is 12.1. The van der Waals surface area contributed by atoms with Gasteiger partial charge in [0.2, 0.25) is 17.7 Å². The third kappa shape index (κ3) is 6.59. The fraction of sp³-hybridized carbons (Fsp3) is 0.516. The maximum atomic E-state index is 13.7. The molecule has 220 valence electrons. The Bertz CT molecular complexity index is 1370. The number of likely N-dealkylation sites (N-methyl/N-ethyl adjacent to an activating group) is 1. The van der Waals surface area contributed by atoms with Crippen molar-refractivity contribution in [3.63, 3.8) is 0 Å². The Kier molecular flexibility index (Phi) is 8.82. The van der Waals surface area contributed by atoms with Gasteiger partial charge in [-0.2, -0.15) is 0 Å². The first-order valence-corrected chi connectivity index (χ1v) is 14.3. The van der Waals surface area contributed by atoms with Crippen molar-refractivity contribution in [3.05, 3.63) is 47.7 Å². The van der Waals surface area contributed by atoms with Crippen LogP contribution in [0.1, 0.15) is 71.7 Å². The van der Waals surface area contributed by atoms with Crippen LogP contribution in [0.25, 0.3) is 17.0 Å². The fourth-order valence-corrected chi connectivity index (χ4v) is 5.49. The molecule has 10 nitrogen and oxygen atoms in total. The van der Waals surface area contributed by atoms with Crippen LogP contribution < -0.4 is 16.1 Å². The minimum Gasteiger partial charge on any atom is -0.347 e. The third-order valence-corrected chi connectivity index (χ3v) is 7.92. The molecule has 2 aliphatic heterocycles. The number of carbonyl (C=O) groups excluding carboxylic acids is 4. The van der Waals surface area contributed by atoms with Crippen LogP contribution in [0.5, 0.6) is 0 Å². The van der Waals surface area contributed by atoms with Crippen LogP contribution in [0.15, 0.2) is 36.4 Å². The van der Waals surface area contributed by atoms with Crippen LogP contribution in [0, 0.1) is 11.3 Å². The summed E-state index contributed by atoms with van der Waals surface area (Å²) in [5, 5.41) is 8.21. The highest BCUT2D eigenvalue weighted by Gasteiger charge is 2.38. The Morgan fingerprint density at radius 3 is 2.37 bits per heavy atom. The largest absolute Gasteiger partial charge is 0.347 e. The molecule has 1 aromatic carbocycles. The number of carbonyl (C=O) groups is 4. The lowest BCUT2D eigenvalue weighted by molar-refractivity contribution is -0.147. The Hall–Kier alpha value is -3.79. The van der Waals surface area contributed by atoms with Gasteiger partial charge in [0, 0.05) is 19.0 Å². The molecular weight excluding hydrogens is 520 g/mol. The van der Waals surface area contributed by atoms with E-state index in [1.165, 1.54) is 9.91 Å². The zero-order valence-electron chi connectivity index (χ0n) is 25.0. The second kappa shape index (κ2) is 12.0. The van der Waals surface area contributed by atoms with Gasteiger partial charge >= 0.3 is 0 Å². The van der Waals surface area contributed by atoms with Gasteiger partial charge in [-0.25, -0.2) is 5.43 Å². The van der Waals surface area contributed by atoms with Crippen molar-refractivity contribution in [2.45, 2.75) is 78.6 Å². The summed E-state index contributed by atoms with van der Waals surface area (Å²) in [5.41, 5.74) is 4.52. The highest BCUT2D eigenvalue weighted by atomic mass is 16.2. The van der Waals surface area contributed by atoms with Crippen LogP contribution in [0.4, 0.5) is 0 Å². The van der Waals surface area contributed by atoms with E-state index in [0.717, 1.165) is 22.2 Å². The van der Waals surface area contributed by atoms with Crippen molar-refractivity contribution in [1.82, 2.24) is 31.0 Å². The second-order valence-electron chi connectivity index (χ2n) is 12.1. The molecule has 1 saturated heterocycles. The monoisotopic (exact) mass is 562 g/mol. The van der Waals surface area contributed by atoms with Crippen molar-refractivity contribution in [2.24, 2.45) is 11.3 Å². The first kappa shape index (κ1) is 30.2. The van der Waals surface area contributed by atoms with Crippen molar-refractivity contribution in [3.8, 4) is 0 Å². The van der Waals surface area contributed by atoms with Crippen LogP contribution in [0.2, 0.25) is 0 Å². The predicted octanol–water partition coefficient (Wildman–Crippen LogP) is 2.95. The average molecular weight is 563 g/mol. The molecule has 1 fully saturated rings. The van der Waals surface area contributed by atoms with Gasteiger partial charge in [-0.05, 0) is 64.2 Å². The predicted molar refractivity (Wildman–Crippen MR) is 158 cm³/mol. The average Bonchev–Trinajstić information content (AvgIpc) is 2.94. The normalized spacial score (nSPS) is 27.1. The van der Waals surface area contributed by atoms with Crippen LogP contribution in [-0.2, 0) is 19.2 Å². The smallest absolute Gasteiger partial charge is 0.258 e. The Balaban J connectivity index is 1.74. The van der Waals surface area contributed by atoms with Crippen molar-refractivity contribution in [2.75, 3.05) is 13.6 Å². The van der Waals surface area contributed by atoms with E-state index in [2.05, 4.69) is 16.1 Å². The Morgan fingerprint density at radius 1 is 0.976 bits per heavy atom. The number of amides is 4. The van der Waals surface area contributed by atoms with E-state index in [9.17, 15) is 19.2 Å². The summed E-state index contributed by atoms with van der Waals surface area (Å²) in [5.74, 6) is -1.39. The summed E-state index contributed by atoms with van der Waals surface area (Å²) in [4.78, 5) is 59.9. The summed E-state index contributed by atoms with van der Waals surface area (Å²) in [6, 6.07) is 7.18. The van der Waals surface area contributed by atoms with Gasteiger partial charge < -0.3 is 15.5 Å². The first-order valence-electron chi connectivity index (χ1n) is 14.3. The van der Waals surface area contributed by atoms with Crippen LogP contribution in [0.3, 0.4) is 0 Å². The molecule has 41 heavy (non-hydrogen) atoms. The summed E-state index contributed by atoms with van der Waals surface area (Å²) >= 11 is 0. The van der Waals surface area contributed by atoms with E-state index in [1.54, 1.807) is 14.0 Å². The molecule has 5 bridgehead atoms. The third-order valence-electron chi connectivity index (χ3n) is 7.92. The Morgan fingerprint density at radius 2 is 1.66 bits per heavy atom. The number of hydrazine groups is 1. The maximum absolute atomic E-state index is 13.7. The SMILES string of the molecule is CC(C)[C@H]1C(=O)N[C@@H](C)C(=O)N2CCC[C@H](N2)C(=O)N[C@H](C)c2ccc3ccc(cc3n2)/C=C/C(C)(C)C(=O)N1C. The first-order chi connectivity index (χ1) is 19.3. The highest BCUT2D eigenvalue weighted by Crippen LogP contribution is 2.26. The number of benzene rings is 1. The number of aromatic nitrogens is 1. The molecular formula is C31H42N6O4. The molecule has 4 rings (SSSR count). The molecule has 10 heteroatoms. The molecule has 0 spiro atoms. The van der Waals surface area contributed by atoms with Gasteiger partial charge in [-0.3, -0.25) is 29.2 Å². The van der Waals surface area contributed by atoms with E-state index in [1.807, 2.05) is 77.1 Å². The molecule has 1 aromatic heterocycles. The molecule has 0 radical (unpaired) electrons. The molecule has 3 heterocycles. The number of fused-ring (bicyclic) bond motifs is 4. The van der Waals surface area contributed by atoms with E-state index in [0.29, 0.717) is 19.4 Å². The number of pyridine rings is 1. The molecule has 4 atom stereocenters. The van der Waals surface area contributed by atoms with Gasteiger partial charge in [0.05, 0.1) is 22.7 Å². The number of rotatable bonds is 1. The zero-order chi connectivity index (χ0) is 30.1. The number of hydrogen-bond donors (Lipinski definition) is 3. The molecule has 3 N–H and O–H groups in total.